The summed E-state index contributed by atoms with van der Waals surface area (Å²) in [5, 5.41) is 31.4. The average molecular weight is 1600 g/mol. The Morgan fingerprint density at radius 2 is 0.885 bits per heavy atom. The largest absolute Gasteiger partial charge is 0.545 e. The number of aryl methyl sites for hydroxylation is 5. The van der Waals surface area contributed by atoms with Crippen molar-refractivity contribution in [3.05, 3.63) is 187 Å². The fourth-order valence-corrected chi connectivity index (χ4v) is 8.33. The van der Waals surface area contributed by atoms with Gasteiger partial charge in [0, 0.05) is 162 Å². The molecule has 4 amide bonds. The Morgan fingerprint density at radius 3 is 1.15 bits per heavy atom. The van der Waals surface area contributed by atoms with Gasteiger partial charge < -0.3 is 65.6 Å². The predicted octanol–water partition coefficient (Wildman–Crippen LogP) is 17.3. The minimum Gasteiger partial charge on any atom is -0.545 e. The molecule has 1 fully saturated rings. The molecular weight excluding hydrogens is 1470 g/mol. The molecule has 1 aliphatic rings. The summed E-state index contributed by atoms with van der Waals surface area (Å²) in [6, 6.07) is 41.1. The zero-order valence-corrected chi connectivity index (χ0v) is 74.7. The number of ether oxygens (including phenoxy) is 3. The number of carbonyl (C=O) groups is 5. The second-order valence-corrected chi connectivity index (χ2v) is 24.7. The van der Waals surface area contributed by atoms with E-state index in [4.69, 9.17) is 30.6 Å². The smallest absolute Gasteiger partial charge is 0.519 e. The van der Waals surface area contributed by atoms with Crippen LogP contribution in [0.3, 0.4) is 0 Å². The van der Waals surface area contributed by atoms with Gasteiger partial charge >= 0.3 is 18.3 Å². The molecule has 6 rings (SSSR count). The second-order valence-electron chi connectivity index (χ2n) is 24.7. The van der Waals surface area contributed by atoms with Gasteiger partial charge in [-0.1, -0.05) is 203 Å². The average Bonchev–Trinajstić information content (AvgIpc) is 1.66. The number of aliphatic hydroxyl groups is 2. The van der Waals surface area contributed by atoms with E-state index in [1.165, 1.54) is 52.8 Å². The van der Waals surface area contributed by atoms with E-state index in [2.05, 4.69) is 107 Å². The molecule has 21 nitrogen and oxygen atoms in total. The molecule has 0 spiro atoms. The topological polar surface area (TPSA) is 291 Å². The van der Waals surface area contributed by atoms with Crippen LogP contribution < -0.4 is 21.7 Å². The van der Waals surface area contributed by atoms with E-state index >= 15 is 0 Å². The van der Waals surface area contributed by atoms with Gasteiger partial charge in [0.1, 0.15) is 11.2 Å². The van der Waals surface area contributed by atoms with E-state index in [0.29, 0.717) is 39.3 Å². The number of nitrogens with one attached hydrogen (secondary N) is 3. The molecule has 5 unspecified atom stereocenters. The van der Waals surface area contributed by atoms with Gasteiger partial charge in [-0.25, -0.2) is 14.4 Å². The molecule has 2 radical (unpaired) electrons. The van der Waals surface area contributed by atoms with Crippen LogP contribution in [0, 0.1) is 34.6 Å². The van der Waals surface area contributed by atoms with Crippen LogP contribution in [0.1, 0.15) is 215 Å². The molecular formula is C81H137N10O11Y2-. The molecule has 0 aromatic heterocycles. The molecule has 5 aromatic rings. The van der Waals surface area contributed by atoms with E-state index in [-0.39, 0.29) is 107 Å². The number of benzene rings is 5. The Balaban J connectivity index is -0.000000172. The standard InChI is InChI=1S/C13H18N4O.C13H19NO2.C12H16N2O.C11H18N2.C11H17NO.C10H18O5.5C2H6.CHO.2Y/c1-10-6-4-5-7-13(10)9-17(12(3)18)8-11(2)15-16-14;1-10-6-4-5-7-13(10)9-14(12(3)16)8-11(2)15;1-9-5-3-4-6-11(9)8-14-7-10(2)13-12(14)15;1-9-5-3-4-6-11(9)8-13-7-10(2)12;1-9-5-3-4-6-11(9)8-12-7-10(2)13;1-9(2,3)14-7(11)13-8(12)15-10(4,5)6;6*1-2;;/h4-7,11H,8-9H2,1-3H3;4-7,11,15H,8-9H2,1-3H3;3-6,10H,7-8H2,1-2H3,(H,13,15);3-6,10,13H,7-8,12H2,1-2H3;3-6,10,12-13H,7-8H2,1-2H3;1-6H3;5*1-2H3;1H;;/q;;;;;;;;;;;-1;;. The van der Waals surface area contributed by atoms with Gasteiger partial charge in [0.25, 0.3) is 0 Å². The van der Waals surface area contributed by atoms with Crippen molar-refractivity contribution >= 4 is 36.9 Å². The first-order chi connectivity index (χ1) is 48.1. The van der Waals surface area contributed by atoms with E-state index in [1.807, 2.05) is 175 Å². The monoisotopic (exact) mass is 1600 g/mol. The molecule has 23 heteroatoms. The molecule has 1 saturated heterocycles. The van der Waals surface area contributed by atoms with Gasteiger partial charge in [-0.2, -0.15) is 0 Å². The normalized spacial score (nSPS) is 12.1. The summed E-state index contributed by atoms with van der Waals surface area (Å²) < 4.78 is 13.8. The number of hydrogen-bond acceptors (Lipinski definition) is 15. The summed E-state index contributed by atoms with van der Waals surface area (Å²) in [4.78, 5) is 72.3. The molecule has 0 bridgehead atoms. The Hall–Kier alpha value is -5.96. The van der Waals surface area contributed by atoms with Gasteiger partial charge in [0.15, 0.2) is 0 Å². The first-order valence-electron chi connectivity index (χ1n) is 35.8. The Labute approximate surface area is 679 Å². The van der Waals surface area contributed by atoms with Gasteiger partial charge in [0.2, 0.25) is 11.8 Å². The summed E-state index contributed by atoms with van der Waals surface area (Å²) in [6.45, 7) is 62.7. The minimum absolute atomic E-state index is 0. The number of azide groups is 1. The van der Waals surface area contributed by atoms with E-state index in [9.17, 15) is 29.1 Å². The van der Waals surface area contributed by atoms with Crippen molar-refractivity contribution in [3.8, 4) is 0 Å². The molecule has 5 atom stereocenters. The van der Waals surface area contributed by atoms with Gasteiger partial charge in [-0.05, 0) is 165 Å². The SMILES string of the molecule is CC.CC.CC.CC.CC.CC(=O)N(Cc1ccccc1C)CC(C)N=[N+]=[N-].CC(=O)N(Cc1ccccc1C)CC(C)O.CC(C)(C)OC(=O)OC(=O)OC(C)(C)C.Cc1ccccc1CN1CC(C)NC1=O.Cc1ccccc1CNCC(C)N.Cc1ccccc1CNCC(C)O.[CH-]=O.[Y].[Y]. The third kappa shape index (κ3) is 62.3. The number of aliphatic hydroxyl groups excluding tert-OH is 2. The van der Waals surface area contributed by atoms with Crippen LogP contribution in [0.4, 0.5) is 14.4 Å². The van der Waals surface area contributed by atoms with Crippen LogP contribution >= 0.6 is 0 Å². The summed E-state index contributed by atoms with van der Waals surface area (Å²) in [5.41, 5.74) is 24.9. The number of carbonyl (C=O) groups excluding carboxylic acids is 6. The second kappa shape index (κ2) is 70.0. The van der Waals surface area contributed by atoms with Crippen LogP contribution in [-0.2, 0) is 127 Å². The molecule has 1 heterocycles. The van der Waals surface area contributed by atoms with Crippen LogP contribution in [0.15, 0.2) is 126 Å². The minimum atomic E-state index is -1.06. The molecule has 104 heavy (non-hydrogen) atoms. The zero-order valence-electron chi connectivity index (χ0n) is 69.1. The maximum absolute atomic E-state index is 11.6. The number of nitrogens with two attached hydrogens (primary N) is 1. The molecule has 584 valence electrons. The van der Waals surface area contributed by atoms with Crippen LogP contribution in [0.2, 0.25) is 0 Å². The quantitative estimate of drug-likeness (QED) is 0.00853. The van der Waals surface area contributed by atoms with E-state index in [0.717, 1.165) is 42.9 Å². The third-order valence-electron chi connectivity index (χ3n) is 13.1. The molecule has 7 N–H and O–H groups in total. The number of urea groups is 1. The third-order valence-corrected chi connectivity index (χ3v) is 13.1. The van der Waals surface area contributed by atoms with Crippen molar-refractivity contribution in [2.24, 2.45) is 10.8 Å². The number of amides is 4. The molecule has 1 aliphatic heterocycles. The van der Waals surface area contributed by atoms with Crippen LogP contribution in [0.25, 0.3) is 10.4 Å². The Morgan fingerprint density at radius 1 is 0.577 bits per heavy atom. The van der Waals surface area contributed by atoms with E-state index in [1.54, 1.807) is 72.1 Å². The first-order valence-corrected chi connectivity index (χ1v) is 35.8. The van der Waals surface area contributed by atoms with Crippen molar-refractivity contribution in [1.29, 1.82) is 0 Å². The molecule has 5 aromatic carbocycles. The number of nitrogens with zero attached hydrogens (tertiary/aromatic N) is 6. The van der Waals surface area contributed by atoms with Crippen molar-refractivity contribution in [2.75, 3.05) is 32.7 Å². The zero-order chi connectivity index (χ0) is 80.1. The van der Waals surface area contributed by atoms with E-state index < -0.39 is 29.6 Å². The molecule has 0 saturated carbocycles. The molecule has 0 aliphatic carbocycles. The first kappa shape index (κ1) is 114. The van der Waals surface area contributed by atoms with Gasteiger partial charge in [0.05, 0.1) is 18.2 Å². The van der Waals surface area contributed by atoms with Crippen molar-refractivity contribution < 1.29 is 119 Å². The summed E-state index contributed by atoms with van der Waals surface area (Å²) >= 11 is 0. The summed E-state index contributed by atoms with van der Waals surface area (Å²) in [7, 11) is 0. The predicted molar refractivity (Wildman–Crippen MR) is 423 cm³/mol. The summed E-state index contributed by atoms with van der Waals surface area (Å²) in [6.07, 6.45) is -2.88. The fraction of sp³-hybridized carbons (Fsp3) is 0.556. The van der Waals surface area contributed by atoms with Crippen molar-refractivity contribution in [1.82, 2.24) is 30.7 Å². The Kier molecular flexibility index (Phi) is 76.7. The maximum atomic E-state index is 11.6. The van der Waals surface area contributed by atoms with Crippen LogP contribution in [-0.4, -0.2) is 136 Å². The van der Waals surface area contributed by atoms with Crippen LogP contribution in [0.5, 0.6) is 0 Å². The van der Waals surface area contributed by atoms with Gasteiger partial charge in [-0.15, -0.1) is 0 Å². The number of hydrogen-bond donors (Lipinski definition) is 6. The van der Waals surface area contributed by atoms with Gasteiger partial charge in [-0.3, -0.25) is 16.4 Å². The Bertz CT molecular complexity index is 2950. The maximum Gasteiger partial charge on any atom is 0.519 e. The van der Waals surface area contributed by atoms with Crippen molar-refractivity contribution in [3.63, 3.8) is 0 Å². The van der Waals surface area contributed by atoms with Crippen molar-refractivity contribution in [2.45, 2.75) is 268 Å². The number of rotatable bonds is 19. The fourth-order valence-electron chi connectivity index (χ4n) is 8.33. The summed E-state index contributed by atoms with van der Waals surface area (Å²) in [5.74, 6) is -0.0256.